The number of allylic oxidation sites excluding steroid dienone is 1. The molecule has 0 radical (unpaired) electrons. The lowest BCUT2D eigenvalue weighted by Gasteiger charge is -2.24. The Kier molecular flexibility index (Phi) is 25.9. The third kappa shape index (κ3) is 18.6. The summed E-state index contributed by atoms with van der Waals surface area (Å²) in [5.41, 5.74) is 3.21. The van der Waals surface area contributed by atoms with E-state index in [1.807, 2.05) is 26.2 Å². The van der Waals surface area contributed by atoms with Gasteiger partial charge < -0.3 is 19.7 Å². The summed E-state index contributed by atoms with van der Waals surface area (Å²) in [6.45, 7) is 19.6. The van der Waals surface area contributed by atoms with E-state index in [-0.39, 0.29) is 12.6 Å². The number of methoxy groups -OCH3 is 1. The van der Waals surface area contributed by atoms with Crippen LogP contribution in [-0.2, 0) is 22.5 Å². The van der Waals surface area contributed by atoms with Gasteiger partial charge in [-0.05, 0) is 49.4 Å². The first kappa shape index (κ1) is 38.9. The second-order valence-corrected chi connectivity index (χ2v) is 9.57. The van der Waals surface area contributed by atoms with E-state index in [0.717, 1.165) is 53.5 Å². The van der Waals surface area contributed by atoms with Crippen molar-refractivity contribution in [2.24, 2.45) is 5.92 Å². The van der Waals surface area contributed by atoms with Crippen LogP contribution >= 0.6 is 11.6 Å². The molecule has 0 saturated heterocycles. The largest absolute Gasteiger partial charge is 0.394 e. The van der Waals surface area contributed by atoms with E-state index >= 15 is 0 Å². The van der Waals surface area contributed by atoms with Gasteiger partial charge in [0.05, 0.1) is 42.9 Å². The Balaban J connectivity index is 0. The third-order valence-electron chi connectivity index (χ3n) is 5.03. The number of aromatic nitrogens is 2. The fraction of sp³-hybridized carbons (Fsp3) is 0.600. The standard InChI is InChI=1S/C12H15ClN2O.C12H21FN2O2.C4H10.C2H6/c1-3-9-6-11-12(7-10(9)13)15(8-14-11)4-5-16-2;1-2-7-15(8-5-3-4-6-13)9-12(10-16)14-11-17;1-4(2)3;1-2/h6-8H,3-5H2,1-2H3;2,4,6,11-12,16H,1,3,5,7-10H2,(H,14,17);4H,1-3H3;1-2H3/b;6-4+;;. The second-order valence-electron chi connectivity index (χ2n) is 9.16. The van der Waals surface area contributed by atoms with Gasteiger partial charge in [-0.3, -0.25) is 9.69 Å². The van der Waals surface area contributed by atoms with E-state index in [4.69, 9.17) is 21.4 Å². The number of rotatable bonds is 15. The van der Waals surface area contributed by atoms with Crippen molar-refractivity contribution < 1.29 is 19.0 Å². The molecule has 7 nitrogen and oxygen atoms in total. The van der Waals surface area contributed by atoms with Crippen molar-refractivity contribution in [3.8, 4) is 0 Å². The molecular weight excluding hydrogens is 519 g/mol. The molecule has 39 heavy (non-hydrogen) atoms. The zero-order valence-electron chi connectivity index (χ0n) is 25.1. The lowest BCUT2D eigenvalue weighted by atomic mass is 10.1. The number of imidazole rings is 1. The zero-order chi connectivity index (χ0) is 30.1. The van der Waals surface area contributed by atoms with E-state index in [2.05, 4.69) is 60.1 Å². The van der Waals surface area contributed by atoms with E-state index in [9.17, 15) is 9.18 Å². The van der Waals surface area contributed by atoms with E-state index < -0.39 is 0 Å². The molecule has 0 aliphatic carbocycles. The molecule has 9 heteroatoms. The molecule has 2 N–H and O–H groups in total. The van der Waals surface area contributed by atoms with Crippen LogP contribution in [0.1, 0.15) is 59.9 Å². The van der Waals surface area contributed by atoms with Gasteiger partial charge in [-0.2, -0.15) is 0 Å². The third-order valence-corrected chi connectivity index (χ3v) is 5.38. The Bertz CT molecular complexity index is 903. The van der Waals surface area contributed by atoms with Crippen molar-refractivity contribution in [3.63, 3.8) is 0 Å². The van der Waals surface area contributed by atoms with Gasteiger partial charge in [0.2, 0.25) is 6.41 Å². The molecule has 0 aliphatic heterocycles. The predicted octanol–water partition coefficient (Wildman–Crippen LogP) is 6.43. The minimum absolute atomic E-state index is 0.100. The Morgan fingerprint density at radius 1 is 1.31 bits per heavy atom. The highest BCUT2D eigenvalue weighted by Crippen LogP contribution is 2.23. The average molecular weight is 571 g/mol. The smallest absolute Gasteiger partial charge is 0.207 e. The van der Waals surface area contributed by atoms with E-state index in [0.29, 0.717) is 38.9 Å². The fourth-order valence-corrected chi connectivity index (χ4v) is 3.56. The average Bonchev–Trinajstić information content (AvgIpc) is 3.31. The predicted molar refractivity (Wildman–Crippen MR) is 164 cm³/mol. The number of aliphatic hydroxyl groups excluding tert-OH is 1. The van der Waals surface area contributed by atoms with Gasteiger partial charge in [0.25, 0.3) is 0 Å². The van der Waals surface area contributed by atoms with Gasteiger partial charge in [0.1, 0.15) is 0 Å². The van der Waals surface area contributed by atoms with Crippen LogP contribution in [0, 0.1) is 5.92 Å². The summed E-state index contributed by atoms with van der Waals surface area (Å²) in [5, 5.41) is 12.4. The summed E-state index contributed by atoms with van der Waals surface area (Å²) >= 11 is 6.19. The monoisotopic (exact) mass is 570 g/mol. The fourth-order valence-electron chi connectivity index (χ4n) is 3.27. The summed E-state index contributed by atoms with van der Waals surface area (Å²) in [6.07, 6.45) is 8.63. The highest BCUT2D eigenvalue weighted by Gasteiger charge is 2.11. The van der Waals surface area contributed by atoms with E-state index in [1.165, 1.54) is 6.08 Å². The Morgan fingerprint density at radius 3 is 2.49 bits per heavy atom. The van der Waals surface area contributed by atoms with Crippen molar-refractivity contribution in [3.05, 3.63) is 54.1 Å². The van der Waals surface area contributed by atoms with Crippen molar-refractivity contribution in [2.45, 2.75) is 73.4 Å². The van der Waals surface area contributed by atoms with Crippen LogP contribution in [0.5, 0.6) is 0 Å². The van der Waals surface area contributed by atoms with Crippen LogP contribution in [0.2, 0.25) is 5.02 Å². The molecule has 1 unspecified atom stereocenters. The number of nitrogens with zero attached hydrogens (tertiary/aromatic N) is 3. The summed E-state index contributed by atoms with van der Waals surface area (Å²) in [4.78, 5) is 16.7. The number of hydrogen-bond acceptors (Lipinski definition) is 5. The van der Waals surface area contributed by atoms with Crippen molar-refractivity contribution in [2.75, 3.05) is 40.0 Å². The Labute approximate surface area is 241 Å². The molecule has 1 heterocycles. The number of benzene rings is 1. The minimum Gasteiger partial charge on any atom is -0.394 e. The lowest BCUT2D eigenvalue weighted by Crippen LogP contribution is -2.43. The molecule has 2 rings (SSSR count). The number of carbonyl (C=O) groups is 1. The van der Waals surface area contributed by atoms with Gasteiger partial charge in [-0.1, -0.05) is 65.3 Å². The molecule has 1 amide bonds. The maximum Gasteiger partial charge on any atom is 0.207 e. The first-order valence-electron chi connectivity index (χ1n) is 13.8. The summed E-state index contributed by atoms with van der Waals surface area (Å²) in [5.74, 6) is 0.833. The first-order valence-corrected chi connectivity index (χ1v) is 14.2. The quantitative estimate of drug-likeness (QED) is 0.146. The van der Waals surface area contributed by atoms with Gasteiger partial charge in [-0.25, -0.2) is 9.37 Å². The zero-order valence-corrected chi connectivity index (χ0v) is 25.9. The molecule has 2 aromatic rings. The highest BCUT2D eigenvalue weighted by atomic mass is 35.5. The Morgan fingerprint density at radius 2 is 1.97 bits per heavy atom. The minimum atomic E-state index is -0.274. The number of hydrogen-bond donors (Lipinski definition) is 2. The number of unbranched alkanes of at least 4 members (excludes halogenated alkanes) is 1. The van der Waals surface area contributed by atoms with Crippen LogP contribution in [0.25, 0.3) is 11.0 Å². The number of aliphatic hydroxyl groups is 1. The number of nitrogens with one attached hydrogen (secondary N) is 1. The molecule has 0 spiro atoms. The van der Waals surface area contributed by atoms with Crippen molar-refractivity contribution >= 4 is 29.0 Å². The van der Waals surface area contributed by atoms with Crippen LogP contribution in [-0.4, -0.2) is 72.0 Å². The number of carbonyl (C=O) groups excluding carboxylic acids is 1. The van der Waals surface area contributed by atoms with Crippen LogP contribution in [0.3, 0.4) is 0 Å². The summed E-state index contributed by atoms with van der Waals surface area (Å²) in [7, 11) is 1.70. The number of ether oxygens (including phenoxy) is 1. The second kappa shape index (κ2) is 26.0. The molecular formula is C30H52ClFN4O3. The Hall–Kier alpha value is -2.26. The van der Waals surface area contributed by atoms with Crippen LogP contribution < -0.4 is 5.32 Å². The summed E-state index contributed by atoms with van der Waals surface area (Å²) in [6, 6.07) is 3.77. The van der Waals surface area contributed by atoms with Gasteiger partial charge >= 0.3 is 0 Å². The molecule has 224 valence electrons. The van der Waals surface area contributed by atoms with Gasteiger partial charge in [-0.15, -0.1) is 6.58 Å². The molecule has 0 bridgehead atoms. The molecule has 1 aromatic carbocycles. The first-order chi connectivity index (χ1) is 18.8. The van der Waals surface area contributed by atoms with E-state index in [1.54, 1.807) is 13.2 Å². The van der Waals surface area contributed by atoms with Crippen molar-refractivity contribution in [1.82, 2.24) is 19.8 Å². The topological polar surface area (TPSA) is 79.6 Å². The van der Waals surface area contributed by atoms with Crippen molar-refractivity contribution in [1.29, 1.82) is 0 Å². The molecule has 0 saturated carbocycles. The molecule has 0 aliphatic rings. The summed E-state index contributed by atoms with van der Waals surface area (Å²) < 4.78 is 18.9. The normalized spacial score (nSPS) is 11.3. The molecule has 1 atom stereocenters. The number of halogens is 2. The maximum absolute atomic E-state index is 11.7. The number of fused-ring (bicyclic) bond motifs is 1. The molecule has 0 fully saturated rings. The maximum atomic E-state index is 11.7. The van der Waals surface area contributed by atoms with Crippen LogP contribution in [0.4, 0.5) is 4.39 Å². The lowest BCUT2D eigenvalue weighted by molar-refractivity contribution is -0.110. The SMILES string of the molecule is C=CCN(CCC/C=C/F)CC(CO)NC=O.CC.CC(C)C.CCc1cc2ncn(CCOC)c2cc1Cl. The van der Waals surface area contributed by atoms with Gasteiger partial charge in [0, 0.05) is 31.8 Å². The number of aryl methyl sites for hydroxylation is 1. The highest BCUT2D eigenvalue weighted by molar-refractivity contribution is 6.32. The number of amides is 1. The molecule has 1 aromatic heterocycles. The van der Waals surface area contributed by atoms with Gasteiger partial charge in [0.15, 0.2) is 0 Å². The van der Waals surface area contributed by atoms with Crippen LogP contribution in [0.15, 0.2) is 43.5 Å².